The van der Waals surface area contributed by atoms with Crippen molar-refractivity contribution in [1.82, 2.24) is 4.98 Å². The zero-order valence-corrected chi connectivity index (χ0v) is 17.6. The molecule has 0 spiro atoms. The molecule has 154 valence electrons. The molecular weight excluding hydrogens is 394 g/mol. The van der Waals surface area contributed by atoms with Gasteiger partial charge in [0.2, 0.25) is 5.88 Å². The Labute approximate surface area is 181 Å². The molecule has 1 saturated heterocycles. The Morgan fingerprint density at radius 2 is 1.87 bits per heavy atom. The quantitative estimate of drug-likeness (QED) is 0.590. The molecular formula is C24H25N3O2S. The van der Waals surface area contributed by atoms with E-state index < -0.39 is 0 Å². The first-order valence-electron chi connectivity index (χ1n) is 10.4. The highest BCUT2D eigenvalue weighted by Gasteiger charge is 2.28. The van der Waals surface area contributed by atoms with Crippen LogP contribution in [0.3, 0.4) is 0 Å². The van der Waals surface area contributed by atoms with Gasteiger partial charge in [0, 0.05) is 35.6 Å². The molecule has 3 heterocycles. The lowest BCUT2D eigenvalue weighted by Crippen LogP contribution is -2.31. The minimum Gasteiger partial charge on any atom is -0.439 e. The molecule has 0 amide bonds. The van der Waals surface area contributed by atoms with Crippen LogP contribution in [0.4, 0.5) is 11.4 Å². The number of nitrogens with two attached hydrogens (primary N) is 1. The predicted molar refractivity (Wildman–Crippen MR) is 121 cm³/mol. The smallest absolute Gasteiger partial charge is 0.222 e. The van der Waals surface area contributed by atoms with Crippen LogP contribution in [0.1, 0.15) is 30.7 Å². The number of nitrogens with zero attached hydrogens (tertiary/aromatic N) is 2. The molecule has 2 atom stereocenters. The van der Waals surface area contributed by atoms with Gasteiger partial charge in [-0.1, -0.05) is 30.0 Å². The number of benzene rings is 2. The SMILES string of the molecule is NC1Sc2ccccc2N1c1ccc(Oc2ncccc2C2CCCOCC2)cc1. The van der Waals surface area contributed by atoms with E-state index >= 15 is 0 Å². The average Bonchev–Trinajstić information content (AvgIpc) is 2.93. The lowest BCUT2D eigenvalue weighted by molar-refractivity contribution is 0.143. The summed E-state index contributed by atoms with van der Waals surface area (Å²) in [5.41, 5.74) is 9.61. The third kappa shape index (κ3) is 3.90. The third-order valence-electron chi connectivity index (χ3n) is 5.65. The maximum Gasteiger partial charge on any atom is 0.222 e. The van der Waals surface area contributed by atoms with E-state index in [4.69, 9.17) is 15.2 Å². The van der Waals surface area contributed by atoms with E-state index in [2.05, 4.69) is 40.2 Å². The normalized spacial score (nSPS) is 21.2. The second kappa shape index (κ2) is 8.68. The van der Waals surface area contributed by atoms with Gasteiger partial charge < -0.3 is 20.1 Å². The van der Waals surface area contributed by atoms with Crippen molar-refractivity contribution in [3.05, 3.63) is 72.4 Å². The van der Waals surface area contributed by atoms with E-state index in [1.807, 2.05) is 30.3 Å². The molecule has 1 fully saturated rings. The van der Waals surface area contributed by atoms with Gasteiger partial charge in [0.15, 0.2) is 0 Å². The van der Waals surface area contributed by atoms with E-state index in [0.717, 1.165) is 49.6 Å². The molecule has 0 radical (unpaired) electrons. The van der Waals surface area contributed by atoms with Crippen LogP contribution < -0.4 is 15.4 Å². The number of anilines is 2. The van der Waals surface area contributed by atoms with Crippen LogP contribution in [0.2, 0.25) is 0 Å². The van der Waals surface area contributed by atoms with Gasteiger partial charge in [-0.25, -0.2) is 4.98 Å². The summed E-state index contributed by atoms with van der Waals surface area (Å²) in [7, 11) is 0. The Bertz CT molecular complexity index is 1000. The summed E-state index contributed by atoms with van der Waals surface area (Å²) in [6.07, 6.45) is 4.97. The van der Waals surface area contributed by atoms with Crippen molar-refractivity contribution >= 4 is 23.1 Å². The Morgan fingerprint density at radius 1 is 1.00 bits per heavy atom. The number of hydrogen-bond donors (Lipinski definition) is 1. The lowest BCUT2D eigenvalue weighted by atomic mass is 9.93. The number of para-hydroxylation sites is 1. The number of hydrogen-bond acceptors (Lipinski definition) is 6. The minimum atomic E-state index is -0.131. The van der Waals surface area contributed by atoms with Gasteiger partial charge >= 0.3 is 0 Å². The molecule has 2 unspecified atom stereocenters. The highest BCUT2D eigenvalue weighted by atomic mass is 32.2. The first-order chi connectivity index (χ1) is 14.8. The topological polar surface area (TPSA) is 60.6 Å². The zero-order valence-electron chi connectivity index (χ0n) is 16.7. The van der Waals surface area contributed by atoms with E-state index in [1.54, 1.807) is 18.0 Å². The average molecular weight is 420 g/mol. The zero-order chi connectivity index (χ0) is 20.3. The summed E-state index contributed by atoms with van der Waals surface area (Å²) < 4.78 is 11.8. The summed E-state index contributed by atoms with van der Waals surface area (Å²) >= 11 is 1.67. The number of rotatable bonds is 4. The van der Waals surface area contributed by atoms with E-state index in [1.165, 1.54) is 10.5 Å². The maximum atomic E-state index is 6.38. The highest BCUT2D eigenvalue weighted by molar-refractivity contribution is 8.00. The van der Waals surface area contributed by atoms with Crippen molar-refractivity contribution in [3.63, 3.8) is 0 Å². The van der Waals surface area contributed by atoms with Gasteiger partial charge in [-0.05, 0) is 67.6 Å². The number of fused-ring (bicyclic) bond motifs is 1. The fourth-order valence-electron chi connectivity index (χ4n) is 4.16. The van der Waals surface area contributed by atoms with Crippen LogP contribution in [-0.4, -0.2) is 23.7 Å². The number of ether oxygens (including phenoxy) is 2. The highest BCUT2D eigenvalue weighted by Crippen LogP contribution is 2.45. The minimum absolute atomic E-state index is 0.131. The lowest BCUT2D eigenvalue weighted by Gasteiger charge is -2.24. The standard InChI is InChI=1S/C24H25N3O2S/c25-24-27(21-7-1-2-8-22(21)30-24)18-9-11-19(12-10-18)29-23-20(6-3-14-26-23)17-5-4-15-28-16-13-17/h1-3,6-12,14,17,24H,4-5,13,15-16,25H2. The summed E-state index contributed by atoms with van der Waals surface area (Å²) in [6.45, 7) is 1.64. The van der Waals surface area contributed by atoms with Gasteiger partial charge in [0.1, 0.15) is 11.2 Å². The first kappa shape index (κ1) is 19.4. The molecule has 2 aliphatic heterocycles. The molecule has 1 aromatic heterocycles. The van der Waals surface area contributed by atoms with Crippen LogP contribution in [0.5, 0.6) is 11.6 Å². The predicted octanol–water partition coefficient (Wildman–Crippen LogP) is 5.64. The van der Waals surface area contributed by atoms with Crippen LogP contribution in [0.15, 0.2) is 71.8 Å². The first-order valence-corrected chi connectivity index (χ1v) is 11.3. The molecule has 0 saturated carbocycles. The van der Waals surface area contributed by atoms with Crippen molar-refractivity contribution in [2.45, 2.75) is 35.6 Å². The van der Waals surface area contributed by atoms with Crippen molar-refractivity contribution in [3.8, 4) is 11.6 Å². The summed E-state index contributed by atoms with van der Waals surface area (Å²) in [4.78, 5) is 7.88. The van der Waals surface area contributed by atoms with E-state index in [9.17, 15) is 0 Å². The maximum absolute atomic E-state index is 6.38. The largest absolute Gasteiger partial charge is 0.439 e. The van der Waals surface area contributed by atoms with Crippen molar-refractivity contribution < 1.29 is 9.47 Å². The fourth-order valence-corrected chi connectivity index (χ4v) is 5.21. The molecule has 5 nitrogen and oxygen atoms in total. The van der Waals surface area contributed by atoms with Crippen LogP contribution in [-0.2, 0) is 4.74 Å². The fraction of sp³-hybridized carbons (Fsp3) is 0.292. The van der Waals surface area contributed by atoms with Gasteiger partial charge in [-0.2, -0.15) is 0 Å². The van der Waals surface area contributed by atoms with Crippen LogP contribution in [0, 0.1) is 0 Å². The number of aromatic nitrogens is 1. The Balaban J connectivity index is 1.36. The molecule has 3 aromatic rings. The van der Waals surface area contributed by atoms with Crippen LogP contribution in [0.25, 0.3) is 0 Å². The molecule has 0 bridgehead atoms. The molecule has 6 heteroatoms. The van der Waals surface area contributed by atoms with Gasteiger partial charge in [0.25, 0.3) is 0 Å². The summed E-state index contributed by atoms with van der Waals surface area (Å²) in [5, 5.41) is 0. The summed E-state index contributed by atoms with van der Waals surface area (Å²) in [5.74, 6) is 1.89. The second-order valence-corrected chi connectivity index (χ2v) is 8.74. The summed E-state index contributed by atoms with van der Waals surface area (Å²) in [6, 6.07) is 20.5. The van der Waals surface area contributed by atoms with Gasteiger partial charge in [-0.3, -0.25) is 0 Å². The van der Waals surface area contributed by atoms with E-state index in [-0.39, 0.29) is 5.50 Å². The van der Waals surface area contributed by atoms with Gasteiger partial charge in [0.05, 0.1) is 5.69 Å². The Hall–Kier alpha value is -2.54. The van der Waals surface area contributed by atoms with Crippen LogP contribution >= 0.6 is 11.8 Å². The molecule has 2 aliphatic rings. The number of thioether (sulfide) groups is 1. The third-order valence-corrected chi connectivity index (χ3v) is 6.70. The van der Waals surface area contributed by atoms with Crippen molar-refractivity contribution in [2.75, 3.05) is 18.1 Å². The molecule has 5 rings (SSSR count). The molecule has 0 aliphatic carbocycles. The Morgan fingerprint density at radius 3 is 2.77 bits per heavy atom. The van der Waals surface area contributed by atoms with E-state index in [0.29, 0.717) is 11.8 Å². The second-order valence-electron chi connectivity index (χ2n) is 7.58. The van der Waals surface area contributed by atoms with Gasteiger partial charge in [-0.15, -0.1) is 0 Å². The molecule has 2 N–H and O–H groups in total. The monoisotopic (exact) mass is 419 g/mol. The molecule has 2 aromatic carbocycles. The molecule has 30 heavy (non-hydrogen) atoms. The van der Waals surface area contributed by atoms with Crippen molar-refractivity contribution in [1.29, 1.82) is 0 Å². The Kier molecular flexibility index (Phi) is 5.62. The number of pyridine rings is 1. The van der Waals surface area contributed by atoms with Crippen molar-refractivity contribution in [2.24, 2.45) is 5.73 Å².